The lowest BCUT2D eigenvalue weighted by molar-refractivity contribution is -0.139. The molecule has 32 heavy (non-hydrogen) atoms. The van der Waals surface area contributed by atoms with E-state index in [1.807, 2.05) is 0 Å². The summed E-state index contributed by atoms with van der Waals surface area (Å²) in [5.41, 5.74) is 2.00. The van der Waals surface area contributed by atoms with E-state index in [2.05, 4.69) is 6.07 Å². The van der Waals surface area contributed by atoms with Gasteiger partial charge in [-0.1, -0.05) is 41.9 Å². The summed E-state index contributed by atoms with van der Waals surface area (Å²) in [6.45, 7) is -0.608. The van der Waals surface area contributed by atoms with Gasteiger partial charge >= 0.3 is 5.97 Å². The largest absolute Gasteiger partial charge is 0.481 e. The van der Waals surface area contributed by atoms with Crippen molar-refractivity contribution in [3.63, 3.8) is 0 Å². The number of aliphatic carboxylic acids is 1. The fourth-order valence-electron chi connectivity index (χ4n) is 3.06. The van der Waals surface area contributed by atoms with Crippen LogP contribution in [0.2, 0.25) is 5.02 Å². The molecule has 164 valence electrons. The maximum atomic E-state index is 12.9. The Hall–Kier alpha value is -3.38. The molecule has 1 N–H and O–H groups in total. The molecule has 0 aromatic heterocycles. The Morgan fingerprint density at radius 1 is 1.12 bits per heavy atom. The normalized spacial score (nSPS) is 11.2. The van der Waals surface area contributed by atoms with E-state index in [4.69, 9.17) is 21.4 Å². The zero-order valence-corrected chi connectivity index (χ0v) is 18.6. The average molecular weight is 471 g/mol. The van der Waals surface area contributed by atoms with Gasteiger partial charge in [0, 0.05) is 24.2 Å². The first-order chi connectivity index (χ1) is 15.2. The summed E-state index contributed by atoms with van der Waals surface area (Å²) in [7, 11) is -2.30. The molecule has 0 bridgehead atoms. The molecule has 0 radical (unpaired) electrons. The minimum absolute atomic E-state index is 0.0276. The van der Waals surface area contributed by atoms with Gasteiger partial charge in [0.05, 0.1) is 16.5 Å². The van der Waals surface area contributed by atoms with Crippen LogP contribution in [0.5, 0.6) is 5.75 Å². The zero-order valence-electron chi connectivity index (χ0n) is 17.0. The number of benzene rings is 3. The predicted molar refractivity (Wildman–Crippen MR) is 120 cm³/mol. The molecule has 0 fully saturated rings. The van der Waals surface area contributed by atoms with Crippen LogP contribution in [0.25, 0.3) is 11.1 Å². The number of hydrogen-bond donors (Lipinski definition) is 1. The lowest BCUT2D eigenvalue weighted by Gasteiger charge is -2.20. The van der Waals surface area contributed by atoms with E-state index in [1.165, 1.54) is 29.6 Å². The topological polar surface area (TPSA) is 108 Å². The van der Waals surface area contributed by atoms with Gasteiger partial charge in [-0.2, -0.15) is 9.57 Å². The summed E-state index contributed by atoms with van der Waals surface area (Å²) in [5.74, 6) is -0.944. The standard InChI is InChI=1S/C23H19ClN2O5S/c1-26(32(29,30)19-8-3-2-4-9-19)14-18-11-20(17-7-5-6-16(10-17)13-25)22(12-21(18)24)31-15-23(27)28/h2-12H,14-15H2,1H3,(H,27,28). The number of carboxylic acid groups (broad SMARTS) is 1. The molecular weight excluding hydrogens is 452 g/mol. The van der Waals surface area contributed by atoms with Crippen molar-refractivity contribution in [3.8, 4) is 22.9 Å². The number of halogens is 1. The van der Waals surface area contributed by atoms with Crippen LogP contribution in [-0.4, -0.2) is 37.5 Å². The molecule has 9 heteroatoms. The summed E-state index contributed by atoms with van der Waals surface area (Å²) >= 11 is 6.40. The fraction of sp³-hybridized carbons (Fsp3) is 0.130. The minimum Gasteiger partial charge on any atom is -0.481 e. The van der Waals surface area contributed by atoms with Crippen LogP contribution in [-0.2, 0) is 21.4 Å². The Morgan fingerprint density at radius 2 is 1.84 bits per heavy atom. The van der Waals surface area contributed by atoms with Crippen molar-refractivity contribution in [1.82, 2.24) is 4.31 Å². The van der Waals surface area contributed by atoms with Gasteiger partial charge in [0.2, 0.25) is 10.0 Å². The smallest absolute Gasteiger partial charge is 0.341 e. The second-order valence-corrected chi connectivity index (χ2v) is 9.34. The number of rotatable bonds is 8. The Kier molecular flexibility index (Phi) is 7.15. The van der Waals surface area contributed by atoms with E-state index in [0.29, 0.717) is 22.3 Å². The quantitative estimate of drug-likeness (QED) is 0.529. The molecule has 0 unspecified atom stereocenters. The van der Waals surface area contributed by atoms with E-state index >= 15 is 0 Å². The summed E-state index contributed by atoms with van der Waals surface area (Å²) in [5, 5.41) is 18.4. The van der Waals surface area contributed by atoms with Crippen LogP contribution in [0.4, 0.5) is 0 Å². The van der Waals surface area contributed by atoms with Crippen molar-refractivity contribution in [2.75, 3.05) is 13.7 Å². The highest BCUT2D eigenvalue weighted by molar-refractivity contribution is 7.89. The van der Waals surface area contributed by atoms with E-state index in [9.17, 15) is 18.5 Å². The van der Waals surface area contributed by atoms with Gasteiger partial charge in [-0.3, -0.25) is 0 Å². The van der Waals surface area contributed by atoms with Crippen molar-refractivity contribution in [2.24, 2.45) is 0 Å². The number of carboxylic acids is 1. The molecule has 0 aliphatic heterocycles. The SMILES string of the molecule is CN(Cc1cc(-c2cccc(C#N)c2)c(OCC(=O)O)cc1Cl)S(=O)(=O)c1ccccc1. The first kappa shape index (κ1) is 23.3. The monoisotopic (exact) mass is 470 g/mol. The molecule has 0 saturated carbocycles. The van der Waals surface area contributed by atoms with Crippen molar-refractivity contribution in [3.05, 3.63) is 82.9 Å². The molecule has 0 spiro atoms. The lowest BCUT2D eigenvalue weighted by atomic mass is 10.00. The Bertz CT molecular complexity index is 1290. The minimum atomic E-state index is -3.75. The molecular formula is C23H19ClN2O5S. The number of carbonyl (C=O) groups is 1. The first-order valence-electron chi connectivity index (χ1n) is 9.41. The van der Waals surface area contributed by atoms with E-state index in [-0.39, 0.29) is 22.2 Å². The number of sulfonamides is 1. The molecule has 0 aliphatic rings. The molecule has 7 nitrogen and oxygen atoms in total. The van der Waals surface area contributed by atoms with Crippen LogP contribution >= 0.6 is 11.6 Å². The predicted octanol–water partition coefficient (Wildman–Crippen LogP) is 4.16. The van der Waals surface area contributed by atoms with E-state index in [1.54, 1.807) is 48.5 Å². The number of nitriles is 1. The lowest BCUT2D eigenvalue weighted by Crippen LogP contribution is -2.26. The number of nitrogens with zero attached hydrogens (tertiary/aromatic N) is 2. The highest BCUT2D eigenvalue weighted by atomic mass is 35.5. The van der Waals surface area contributed by atoms with Crippen LogP contribution in [0.1, 0.15) is 11.1 Å². The van der Waals surface area contributed by atoms with Gasteiger partial charge in [-0.15, -0.1) is 0 Å². The molecule has 3 aromatic rings. The zero-order chi connectivity index (χ0) is 23.3. The maximum Gasteiger partial charge on any atom is 0.341 e. The summed E-state index contributed by atoms with van der Waals surface area (Å²) in [6, 6.07) is 19.9. The van der Waals surface area contributed by atoms with Gasteiger partial charge in [-0.05, 0) is 47.5 Å². The highest BCUT2D eigenvalue weighted by Crippen LogP contribution is 2.36. The Balaban J connectivity index is 2.03. The third-order valence-electron chi connectivity index (χ3n) is 4.65. The van der Waals surface area contributed by atoms with Gasteiger partial charge in [0.25, 0.3) is 0 Å². The van der Waals surface area contributed by atoms with Crippen LogP contribution in [0, 0.1) is 11.3 Å². The van der Waals surface area contributed by atoms with Gasteiger partial charge in [-0.25, -0.2) is 13.2 Å². The van der Waals surface area contributed by atoms with Gasteiger partial charge in [0.15, 0.2) is 6.61 Å². The molecule has 3 rings (SSSR count). The second-order valence-electron chi connectivity index (χ2n) is 6.89. The van der Waals surface area contributed by atoms with Crippen LogP contribution in [0.15, 0.2) is 71.6 Å². The van der Waals surface area contributed by atoms with Crippen molar-refractivity contribution >= 4 is 27.6 Å². The average Bonchev–Trinajstić information content (AvgIpc) is 2.79. The van der Waals surface area contributed by atoms with Gasteiger partial charge in [0.1, 0.15) is 5.75 Å². The summed E-state index contributed by atoms with van der Waals surface area (Å²) in [4.78, 5) is 11.1. The molecule has 0 amide bonds. The molecule has 0 heterocycles. The number of ether oxygens (including phenoxy) is 1. The van der Waals surface area contributed by atoms with Crippen molar-refractivity contribution < 1.29 is 23.1 Å². The Morgan fingerprint density at radius 3 is 2.50 bits per heavy atom. The van der Waals surface area contributed by atoms with Crippen molar-refractivity contribution in [1.29, 1.82) is 5.26 Å². The van der Waals surface area contributed by atoms with Gasteiger partial charge < -0.3 is 9.84 Å². The van der Waals surface area contributed by atoms with Crippen LogP contribution in [0.3, 0.4) is 0 Å². The summed E-state index contributed by atoms with van der Waals surface area (Å²) < 4.78 is 32.4. The molecule has 0 saturated heterocycles. The molecule has 0 aliphatic carbocycles. The van der Waals surface area contributed by atoms with E-state index < -0.39 is 22.6 Å². The third kappa shape index (κ3) is 5.26. The third-order valence-corrected chi connectivity index (χ3v) is 6.82. The highest BCUT2D eigenvalue weighted by Gasteiger charge is 2.22. The summed E-state index contributed by atoms with van der Waals surface area (Å²) in [6.07, 6.45) is 0. The number of hydrogen-bond acceptors (Lipinski definition) is 5. The van der Waals surface area contributed by atoms with Crippen LogP contribution < -0.4 is 4.74 Å². The molecule has 0 atom stereocenters. The second kappa shape index (κ2) is 9.83. The van der Waals surface area contributed by atoms with Crippen molar-refractivity contribution in [2.45, 2.75) is 11.4 Å². The maximum absolute atomic E-state index is 12.9. The van der Waals surface area contributed by atoms with E-state index in [0.717, 1.165) is 0 Å². The molecule has 3 aromatic carbocycles. The fourth-order valence-corrected chi connectivity index (χ4v) is 4.44. The Labute approximate surface area is 191 Å². The first-order valence-corrected chi connectivity index (χ1v) is 11.2.